The first-order valence-electron chi connectivity index (χ1n) is 7.19. The van der Waals surface area contributed by atoms with E-state index in [4.69, 9.17) is 10.5 Å². The molecule has 3 heteroatoms. The second-order valence-corrected chi connectivity index (χ2v) is 5.80. The van der Waals surface area contributed by atoms with Gasteiger partial charge in [0.15, 0.2) is 0 Å². The number of nitrogens with zero attached hydrogens (tertiary/aromatic N) is 1. The van der Waals surface area contributed by atoms with Crippen LogP contribution in [0.15, 0.2) is 18.2 Å². The number of hydrogen-bond acceptors (Lipinski definition) is 3. The average Bonchev–Trinajstić information content (AvgIpc) is 2.40. The molecule has 0 bridgehead atoms. The Kier molecular flexibility index (Phi) is 4.83. The highest BCUT2D eigenvalue weighted by molar-refractivity contribution is 5.44. The molecule has 1 aromatic rings. The van der Waals surface area contributed by atoms with Crippen LogP contribution in [0.3, 0.4) is 0 Å². The molecular weight excluding hydrogens is 236 g/mol. The van der Waals surface area contributed by atoms with Crippen LogP contribution in [0.2, 0.25) is 0 Å². The van der Waals surface area contributed by atoms with Gasteiger partial charge in [0.1, 0.15) is 5.75 Å². The molecule has 3 nitrogen and oxygen atoms in total. The number of aryl methyl sites for hydroxylation is 1. The lowest BCUT2D eigenvalue weighted by molar-refractivity contribution is 0.306. The molecule has 0 heterocycles. The van der Waals surface area contributed by atoms with Crippen molar-refractivity contribution in [2.45, 2.75) is 31.7 Å². The van der Waals surface area contributed by atoms with E-state index in [2.05, 4.69) is 31.1 Å². The minimum atomic E-state index is 0.127. The van der Waals surface area contributed by atoms with Crippen molar-refractivity contribution in [1.29, 1.82) is 0 Å². The van der Waals surface area contributed by atoms with Crippen LogP contribution >= 0.6 is 0 Å². The molecule has 2 unspecified atom stereocenters. The number of nitrogens with two attached hydrogens (primary N) is 1. The van der Waals surface area contributed by atoms with E-state index >= 15 is 0 Å². The third kappa shape index (κ3) is 3.28. The van der Waals surface area contributed by atoms with E-state index in [9.17, 15) is 0 Å². The van der Waals surface area contributed by atoms with Gasteiger partial charge < -0.3 is 15.4 Å². The van der Waals surface area contributed by atoms with Crippen molar-refractivity contribution >= 4 is 0 Å². The Morgan fingerprint density at radius 1 is 1.37 bits per heavy atom. The summed E-state index contributed by atoms with van der Waals surface area (Å²) in [5, 5.41) is 0. The molecule has 1 aliphatic rings. The van der Waals surface area contributed by atoms with Gasteiger partial charge in [0.05, 0.1) is 7.11 Å². The predicted molar refractivity (Wildman–Crippen MR) is 79.5 cm³/mol. The Hall–Kier alpha value is -1.06. The van der Waals surface area contributed by atoms with Crippen LogP contribution in [0.1, 0.15) is 36.4 Å². The normalized spacial score (nSPS) is 22.4. The zero-order valence-electron chi connectivity index (χ0n) is 12.4. The molecule has 19 heavy (non-hydrogen) atoms. The number of benzene rings is 1. The Balaban J connectivity index is 2.08. The second kappa shape index (κ2) is 6.40. The molecule has 106 valence electrons. The monoisotopic (exact) mass is 262 g/mol. The number of hydrogen-bond donors (Lipinski definition) is 1. The van der Waals surface area contributed by atoms with Gasteiger partial charge in [0.25, 0.3) is 0 Å². The summed E-state index contributed by atoms with van der Waals surface area (Å²) in [6, 6.07) is 6.41. The molecule has 2 N–H and O–H groups in total. The van der Waals surface area contributed by atoms with Crippen LogP contribution in [0, 0.1) is 5.92 Å². The van der Waals surface area contributed by atoms with E-state index in [0.717, 1.165) is 18.7 Å². The number of rotatable bonds is 5. The van der Waals surface area contributed by atoms with Crippen molar-refractivity contribution in [1.82, 2.24) is 4.90 Å². The van der Waals surface area contributed by atoms with Crippen LogP contribution < -0.4 is 10.5 Å². The fourth-order valence-electron chi connectivity index (χ4n) is 3.11. The van der Waals surface area contributed by atoms with Crippen LogP contribution in [-0.4, -0.2) is 32.6 Å². The molecule has 0 saturated carbocycles. The van der Waals surface area contributed by atoms with Gasteiger partial charge in [0.2, 0.25) is 0 Å². The van der Waals surface area contributed by atoms with Crippen molar-refractivity contribution in [3.63, 3.8) is 0 Å². The molecule has 0 spiro atoms. The van der Waals surface area contributed by atoms with Crippen molar-refractivity contribution in [3.8, 4) is 5.75 Å². The number of fused-ring (bicyclic) bond motifs is 1. The first kappa shape index (κ1) is 14.4. The zero-order valence-corrected chi connectivity index (χ0v) is 12.4. The summed E-state index contributed by atoms with van der Waals surface area (Å²) in [5.74, 6) is 1.55. The van der Waals surface area contributed by atoms with Crippen molar-refractivity contribution in [2.75, 3.05) is 27.7 Å². The minimum Gasteiger partial charge on any atom is -0.496 e. The lowest BCUT2D eigenvalue weighted by atomic mass is 9.77. The Morgan fingerprint density at radius 2 is 2.16 bits per heavy atom. The smallest absolute Gasteiger partial charge is 0.123 e. The number of ether oxygens (including phenoxy) is 1. The maximum atomic E-state index is 6.49. The molecule has 2 rings (SSSR count). The summed E-state index contributed by atoms with van der Waals surface area (Å²) in [6.45, 7) is 1.14. The van der Waals surface area contributed by atoms with Gasteiger partial charge in [-0.25, -0.2) is 0 Å². The highest BCUT2D eigenvalue weighted by Crippen LogP contribution is 2.40. The van der Waals surface area contributed by atoms with Gasteiger partial charge in [-0.1, -0.05) is 12.1 Å². The summed E-state index contributed by atoms with van der Waals surface area (Å²) >= 11 is 0. The molecule has 1 aliphatic carbocycles. The van der Waals surface area contributed by atoms with E-state index < -0.39 is 0 Å². The molecule has 0 aliphatic heterocycles. The Bertz CT molecular complexity index is 403. The lowest BCUT2D eigenvalue weighted by Gasteiger charge is -2.32. The largest absolute Gasteiger partial charge is 0.496 e. The fraction of sp³-hybridized carbons (Fsp3) is 0.625. The van der Waals surface area contributed by atoms with Gasteiger partial charge in [0, 0.05) is 11.6 Å². The summed E-state index contributed by atoms with van der Waals surface area (Å²) in [6.07, 6.45) is 4.76. The minimum absolute atomic E-state index is 0.127. The molecule has 0 radical (unpaired) electrons. The van der Waals surface area contributed by atoms with Crippen molar-refractivity contribution in [2.24, 2.45) is 11.7 Å². The molecule has 1 aromatic carbocycles. The summed E-state index contributed by atoms with van der Waals surface area (Å²) in [4.78, 5) is 2.24. The third-order valence-corrected chi connectivity index (χ3v) is 4.18. The van der Waals surface area contributed by atoms with E-state index in [-0.39, 0.29) is 6.04 Å². The van der Waals surface area contributed by atoms with Crippen LogP contribution in [0.4, 0.5) is 0 Å². The maximum absolute atomic E-state index is 6.49. The van der Waals surface area contributed by atoms with Crippen molar-refractivity contribution in [3.05, 3.63) is 29.3 Å². The summed E-state index contributed by atoms with van der Waals surface area (Å²) in [7, 11) is 5.98. The first-order chi connectivity index (χ1) is 9.13. The molecule has 0 saturated heterocycles. The first-order valence-corrected chi connectivity index (χ1v) is 7.19. The van der Waals surface area contributed by atoms with Gasteiger partial charge in [-0.15, -0.1) is 0 Å². The summed E-state index contributed by atoms with van der Waals surface area (Å²) in [5.41, 5.74) is 9.10. The molecule has 2 atom stereocenters. The van der Waals surface area contributed by atoms with Gasteiger partial charge in [-0.2, -0.15) is 0 Å². The topological polar surface area (TPSA) is 38.5 Å². The SMILES string of the molecule is COc1cccc2c1C(N)C(CCCN(C)C)CC2. The Morgan fingerprint density at radius 3 is 2.84 bits per heavy atom. The van der Waals surface area contributed by atoms with Crippen LogP contribution in [-0.2, 0) is 6.42 Å². The highest BCUT2D eigenvalue weighted by atomic mass is 16.5. The van der Waals surface area contributed by atoms with E-state index in [1.54, 1.807) is 7.11 Å². The summed E-state index contributed by atoms with van der Waals surface area (Å²) < 4.78 is 5.49. The predicted octanol–water partition coefficient (Wildman–Crippen LogP) is 2.60. The third-order valence-electron chi connectivity index (χ3n) is 4.18. The Labute approximate surface area is 116 Å². The van der Waals surface area contributed by atoms with E-state index in [1.165, 1.54) is 30.4 Å². The van der Waals surface area contributed by atoms with Gasteiger partial charge in [-0.3, -0.25) is 0 Å². The lowest BCUT2D eigenvalue weighted by Crippen LogP contribution is -2.28. The molecular formula is C16H26N2O. The second-order valence-electron chi connectivity index (χ2n) is 5.80. The highest BCUT2D eigenvalue weighted by Gasteiger charge is 2.28. The van der Waals surface area contributed by atoms with Crippen molar-refractivity contribution < 1.29 is 4.74 Å². The molecule has 0 fully saturated rings. The van der Waals surface area contributed by atoms with Crippen LogP contribution in [0.5, 0.6) is 5.75 Å². The zero-order chi connectivity index (χ0) is 13.8. The average molecular weight is 262 g/mol. The number of methoxy groups -OCH3 is 1. The standard InChI is InChI=1S/C16H26N2O/c1-18(2)11-5-7-13-10-9-12-6-4-8-14(19-3)15(12)16(13)17/h4,6,8,13,16H,5,7,9-11,17H2,1-3H3. The quantitative estimate of drug-likeness (QED) is 0.886. The van der Waals surface area contributed by atoms with E-state index in [0.29, 0.717) is 5.92 Å². The molecule has 0 amide bonds. The van der Waals surface area contributed by atoms with Gasteiger partial charge in [-0.05, 0) is 63.9 Å². The fourth-order valence-corrected chi connectivity index (χ4v) is 3.11. The van der Waals surface area contributed by atoms with E-state index in [1.807, 2.05) is 6.07 Å². The van der Waals surface area contributed by atoms with Crippen LogP contribution in [0.25, 0.3) is 0 Å². The van der Waals surface area contributed by atoms with Gasteiger partial charge >= 0.3 is 0 Å². The maximum Gasteiger partial charge on any atom is 0.123 e. The molecule has 0 aromatic heterocycles.